The molecule has 84 valence electrons. The number of rotatable bonds is 4. The molecular weight excluding hydrogens is 204 g/mol. The quantitative estimate of drug-likeness (QED) is 0.852. The summed E-state index contributed by atoms with van der Waals surface area (Å²) in [7, 11) is 0. The molecule has 0 aromatic carbocycles. The number of nitrogens with zero attached hydrogens (tertiary/aromatic N) is 1. The Morgan fingerprint density at radius 2 is 2.53 bits per heavy atom. The van der Waals surface area contributed by atoms with E-state index in [0.717, 1.165) is 12.6 Å². The highest BCUT2D eigenvalue weighted by Crippen LogP contribution is 2.32. The van der Waals surface area contributed by atoms with E-state index in [1.807, 2.05) is 11.3 Å². The smallest absolute Gasteiger partial charge is 0.0566 e. The Labute approximate surface area is 96.1 Å². The van der Waals surface area contributed by atoms with E-state index in [4.69, 9.17) is 5.73 Å². The molecule has 2 N–H and O–H groups in total. The van der Waals surface area contributed by atoms with Gasteiger partial charge in [-0.3, -0.25) is 4.90 Å². The largest absolute Gasteiger partial charge is 0.329 e. The van der Waals surface area contributed by atoms with E-state index in [1.165, 1.54) is 30.7 Å². The molecule has 2 unspecified atom stereocenters. The Morgan fingerprint density at radius 1 is 1.67 bits per heavy atom. The SMILES string of the molecule is CCC1CCCN1C(CN)c1cccs1. The number of hydrogen-bond donors (Lipinski definition) is 1. The summed E-state index contributed by atoms with van der Waals surface area (Å²) in [6.07, 6.45) is 3.93. The number of likely N-dealkylation sites (tertiary alicyclic amines) is 1. The molecule has 0 radical (unpaired) electrons. The molecule has 15 heavy (non-hydrogen) atoms. The molecule has 1 aromatic heterocycles. The maximum absolute atomic E-state index is 5.93. The van der Waals surface area contributed by atoms with Gasteiger partial charge in [-0.05, 0) is 37.3 Å². The Morgan fingerprint density at radius 3 is 3.13 bits per heavy atom. The van der Waals surface area contributed by atoms with Crippen LogP contribution in [0.15, 0.2) is 17.5 Å². The van der Waals surface area contributed by atoms with Gasteiger partial charge in [-0.15, -0.1) is 11.3 Å². The summed E-state index contributed by atoms with van der Waals surface area (Å²) in [5.74, 6) is 0. The molecule has 0 aliphatic carbocycles. The zero-order valence-corrected chi connectivity index (χ0v) is 10.2. The Kier molecular flexibility index (Phi) is 3.78. The fraction of sp³-hybridized carbons (Fsp3) is 0.667. The normalized spacial score (nSPS) is 24.5. The molecule has 2 atom stereocenters. The van der Waals surface area contributed by atoms with E-state index in [2.05, 4.69) is 29.3 Å². The van der Waals surface area contributed by atoms with Crippen LogP contribution in [0.1, 0.15) is 37.1 Å². The van der Waals surface area contributed by atoms with Crippen LogP contribution in [0.4, 0.5) is 0 Å². The monoisotopic (exact) mass is 224 g/mol. The molecular formula is C12H20N2S. The van der Waals surface area contributed by atoms with Gasteiger partial charge in [0.2, 0.25) is 0 Å². The number of nitrogens with two attached hydrogens (primary N) is 1. The average molecular weight is 224 g/mol. The van der Waals surface area contributed by atoms with E-state index in [0.29, 0.717) is 6.04 Å². The summed E-state index contributed by atoms with van der Waals surface area (Å²) >= 11 is 1.83. The van der Waals surface area contributed by atoms with Crippen molar-refractivity contribution in [1.82, 2.24) is 4.90 Å². The van der Waals surface area contributed by atoms with Crippen molar-refractivity contribution < 1.29 is 0 Å². The Bertz CT molecular complexity index is 284. The molecule has 2 heterocycles. The third-order valence-electron chi connectivity index (χ3n) is 3.39. The third-order valence-corrected chi connectivity index (χ3v) is 4.36. The van der Waals surface area contributed by atoms with Gasteiger partial charge in [0.05, 0.1) is 6.04 Å². The van der Waals surface area contributed by atoms with E-state index in [1.54, 1.807) is 0 Å². The van der Waals surface area contributed by atoms with Crippen LogP contribution in [-0.4, -0.2) is 24.0 Å². The highest BCUT2D eigenvalue weighted by atomic mass is 32.1. The molecule has 1 aliphatic heterocycles. The van der Waals surface area contributed by atoms with Crippen molar-refractivity contribution in [2.45, 2.75) is 38.3 Å². The number of hydrogen-bond acceptors (Lipinski definition) is 3. The second-order valence-electron chi connectivity index (χ2n) is 4.21. The minimum absolute atomic E-state index is 0.456. The van der Waals surface area contributed by atoms with Crippen LogP contribution in [0.25, 0.3) is 0 Å². The van der Waals surface area contributed by atoms with Gasteiger partial charge in [0, 0.05) is 17.5 Å². The second kappa shape index (κ2) is 5.10. The zero-order valence-electron chi connectivity index (χ0n) is 9.36. The van der Waals surface area contributed by atoms with Crippen molar-refractivity contribution in [3.8, 4) is 0 Å². The first-order valence-electron chi connectivity index (χ1n) is 5.86. The summed E-state index contributed by atoms with van der Waals surface area (Å²) in [6, 6.07) is 5.55. The van der Waals surface area contributed by atoms with Gasteiger partial charge < -0.3 is 5.73 Å². The summed E-state index contributed by atoms with van der Waals surface area (Å²) < 4.78 is 0. The lowest BCUT2D eigenvalue weighted by Crippen LogP contribution is -2.36. The maximum atomic E-state index is 5.93. The summed E-state index contributed by atoms with van der Waals surface area (Å²) in [4.78, 5) is 4.03. The van der Waals surface area contributed by atoms with Crippen molar-refractivity contribution in [3.63, 3.8) is 0 Å². The van der Waals surface area contributed by atoms with Gasteiger partial charge in [-0.2, -0.15) is 0 Å². The molecule has 2 nitrogen and oxygen atoms in total. The van der Waals surface area contributed by atoms with Crippen LogP contribution in [0, 0.1) is 0 Å². The van der Waals surface area contributed by atoms with Gasteiger partial charge in [0.1, 0.15) is 0 Å². The first-order chi connectivity index (χ1) is 7.36. The predicted octanol–water partition coefficient (Wildman–Crippen LogP) is 2.62. The van der Waals surface area contributed by atoms with Crippen LogP contribution in [-0.2, 0) is 0 Å². The van der Waals surface area contributed by atoms with Gasteiger partial charge in [-0.1, -0.05) is 13.0 Å². The van der Waals surface area contributed by atoms with E-state index in [-0.39, 0.29) is 0 Å². The van der Waals surface area contributed by atoms with Crippen LogP contribution >= 0.6 is 11.3 Å². The van der Waals surface area contributed by atoms with Crippen molar-refractivity contribution in [2.24, 2.45) is 5.73 Å². The lowest BCUT2D eigenvalue weighted by Gasteiger charge is -2.31. The molecule has 1 fully saturated rings. The van der Waals surface area contributed by atoms with Gasteiger partial charge in [0.25, 0.3) is 0 Å². The molecule has 0 amide bonds. The lowest BCUT2D eigenvalue weighted by atomic mass is 10.1. The highest BCUT2D eigenvalue weighted by Gasteiger charge is 2.29. The minimum Gasteiger partial charge on any atom is -0.329 e. The summed E-state index contributed by atoms with van der Waals surface area (Å²) in [6.45, 7) is 4.25. The third kappa shape index (κ3) is 2.25. The van der Waals surface area contributed by atoms with Crippen LogP contribution in [0.5, 0.6) is 0 Å². The molecule has 0 spiro atoms. The van der Waals surface area contributed by atoms with Gasteiger partial charge >= 0.3 is 0 Å². The van der Waals surface area contributed by atoms with Crippen molar-refractivity contribution in [3.05, 3.63) is 22.4 Å². The lowest BCUT2D eigenvalue weighted by molar-refractivity contribution is 0.183. The maximum Gasteiger partial charge on any atom is 0.0566 e. The fourth-order valence-corrected chi connectivity index (χ4v) is 3.46. The first kappa shape index (κ1) is 11.1. The van der Waals surface area contributed by atoms with E-state index >= 15 is 0 Å². The van der Waals surface area contributed by atoms with Crippen molar-refractivity contribution in [2.75, 3.05) is 13.1 Å². The topological polar surface area (TPSA) is 29.3 Å². The van der Waals surface area contributed by atoms with Crippen molar-refractivity contribution >= 4 is 11.3 Å². The summed E-state index contributed by atoms with van der Waals surface area (Å²) in [5, 5.41) is 2.15. The predicted molar refractivity (Wildman–Crippen MR) is 66.1 cm³/mol. The Hall–Kier alpha value is -0.380. The fourth-order valence-electron chi connectivity index (χ4n) is 2.60. The number of thiophene rings is 1. The summed E-state index contributed by atoms with van der Waals surface area (Å²) in [5.41, 5.74) is 5.93. The van der Waals surface area contributed by atoms with E-state index in [9.17, 15) is 0 Å². The molecule has 1 aliphatic rings. The first-order valence-corrected chi connectivity index (χ1v) is 6.74. The van der Waals surface area contributed by atoms with Gasteiger partial charge in [-0.25, -0.2) is 0 Å². The molecule has 3 heteroatoms. The highest BCUT2D eigenvalue weighted by molar-refractivity contribution is 7.10. The van der Waals surface area contributed by atoms with Crippen LogP contribution < -0.4 is 5.73 Å². The molecule has 1 aromatic rings. The molecule has 0 bridgehead atoms. The Balaban J connectivity index is 2.12. The van der Waals surface area contributed by atoms with E-state index < -0.39 is 0 Å². The van der Waals surface area contributed by atoms with Gasteiger partial charge in [0.15, 0.2) is 0 Å². The zero-order chi connectivity index (χ0) is 10.7. The molecule has 1 saturated heterocycles. The standard InChI is InChI=1S/C12H20N2S/c1-2-10-5-3-7-14(10)11(9-13)12-6-4-8-15-12/h4,6,8,10-11H,2-3,5,7,9,13H2,1H3. The second-order valence-corrected chi connectivity index (χ2v) is 5.19. The van der Waals surface area contributed by atoms with Crippen LogP contribution in [0.3, 0.4) is 0 Å². The molecule has 0 saturated carbocycles. The van der Waals surface area contributed by atoms with Crippen LogP contribution in [0.2, 0.25) is 0 Å². The van der Waals surface area contributed by atoms with Crippen molar-refractivity contribution in [1.29, 1.82) is 0 Å². The minimum atomic E-state index is 0.456. The average Bonchev–Trinajstić information content (AvgIpc) is 2.89. The molecule has 2 rings (SSSR count).